The van der Waals surface area contributed by atoms with Crippen molar-refractivity contribution in [2.45, 2.75) is 25.8 Å². The lowest BCUT2D eigenvalue weighted by molar-refractivity contribution is -0.137. The first kappa shape index (κ1) is 18.4. The number of hydrogen-bond acceptors (Lipinski definition) is 3. The van der Waals surface area contributed by atoms with Gasteiger partial charge in [-0.25, -0.2) is 4.98 Å². The van der Waals surface area contributed by atoms with Crippen molar-refractivity contribution in [3.63, 3.8) is 0 Å². The van der Waals surface area contributed by atoms with Crippen molar-refractivity contribution in [3.05, 3.63) is 72.3 Å². The number of imidazole rings is 1. The Balaban J connectivity index is 1.17. The smallest absolute Gasteiger partial charge is 0.229 e. The van der Waals surface area contributed by atoms with Gasteiger partial charge >= 0.3 is 0 Å². The predicted octanol–water partition coefficient (Wildman–Crippen LogP) is 4.74. The standard InChI is InChI=1S/C26H26N4O/c31-24-26(12-15-29(16-13-26)25-27-22-10-3-4-11-23(22)28-25)14-17-30(24)18-20-8-5-7-19-6-1-2-9-21(19)20/h1-11H,12-18H2,(H,27,28). The maximum Gasteiger partial charge on any atom is 0.229 e. The molecule has 0 bridgehead atoms. The molecule has 1 aromatic heterocycles. The summed E-state index contributed by atoms with van der Waals surface area (Å²) in [5, 5.41) is 2.49. The van der Waals surface area contributed by atoms with E-state index in [1.165, 1.54) is 16.3 Å². The highest BCUT2D eigenvalue weighted by Crippen LogP contribution is 2.43. The minimum absolute atomic E-state index is 0.201. The van der Waals surface area contributed by atoms with Crippen molar-refractivity contribution in [1.29, 1.82) is 0 Å². The van der Waals surface area contributed by atoms with Gasteiger partial charge in [-0.15, -0.1) is 0 Å². The molecule has 2 saturated heterocycles. The molecule has 2 fully saturated rings. The van der Waals surface area contributed by atoms with E-state index >= 15 is 0 Å². The van der Waals surface area contributed by atoms with Crippen molar-refractivity contribution >= 4 is 33.7 Å². The van der Waals surface area contributed by atoms with E-state index in [4.69, 9.17) is 4.98 Å². The molecule has 1 amide bonds. The summed E-state index contributed by atoms with van der Waals surface area (Å²) in [5.74, 6) is 1.26. The van der Waals surface area contributed by atoms with Crippen LogP contribution in [-0.4, -0.2) is 40.4 Å². The summed E-state index contributed by atoms with van der Waals surface area (Å²) in [6.07, 6.45) is 2.76. The fourth-order valence-corrected chi connectivity index (χ4v) is 5.38. The second-order valence-corrected chi connectivity index (χ2v) is 8.96. The Labute approximate surface area is 181 Å². The number of rotatable bonds is 3. The topological polar surface area (TPSA) is 52.2 Å². The highest BCUT2D eigenvalue weighted by molar-refractivity contribution is 5.88. The highest BCUT2D eigenvalue weighted by atomic mass is 16.2. The third kappa shape index (κ3) is 3.07. The average molecular weight is 411 g/mol. The molecule has 0 radical (unpaired) electrons. The maximum atomic E-state index is 13.5. The molecule has 6 rings (SSSR count). The van der Waals surface area contributed by atoms with E-state index in [0.717, 1.165) is 55.9 Å². The van der Waals surface area contributed by atoms with Gasteiger partial charge in [0.15, 0.2) is 0 Å². The van der Waals surface area contributed by atoms with Crippen LogP contribution in [0, 0.1) is 5.41 Å². The van der Waals surface area contributed by atoms with Crippen LogP contribution in [0.2, 0.25) is 0 Å². The Hall–Kier alpha value is -3.34. The molecule has 3 heterocycles. The summed E-state index contributed by atoms with van der Waals surface area (Å²) in [7, 11) is 0. The normalized spacial score (nSPS) is 18.5. The molecule has 0 saturated carbocycles. The molecule has 1 N–H and O–H groups in total. The molecule has 5 heteroatoms. The fraction of sp³-hybridized carbons (Fsp3) is 0.308. The van der Waals surface area contributed by atoms with Crippen molar-refractivity contribution in [2.24, 2.45) is 5.41 Å². The van der Waals surface area contributed by atoms with Crippen LogP contribution in [0.3, 0.4) is 0 Å². The number of benzene rings is 3. The molecule has 0 aliphatic carbocycles. The van der Waals surface area contributed by atoms with E-state index in [-0.39, 0.29) is 5.41 Å². The number of amides is 1. The van der Waals surface area contributed by atoms with Crippen molar-refractivity contribution in [1.82, 2.24) is 14.9 Å². The first-order chi connectivity index (χ1) is 15.2. The zero-order chi connectivity index (χ0) is 20.8. The number of carbonyl (C=O) groups excluding carboxylic acids is 1. The number of nitrogens with zero attached hydrogens (tertiary/aromatic N) is 3. The molecular formula is C26H26N4O. The monoisotopic (exact) mass is 410 g/mol. The molecular weight excluding hydrogens is 384 g/mol. The number of aromatic nitrogens is 2. The molecule has 1 spiro atoms. The summed E-state index contributed by atoms with van der Waals surface area (Å²) in [4.78, 5) is 26.0. The quantitative estimate of drug-likeness (QED) is 0.531. The van der Waals surface area contributed by atoms with Gasteiger partial charge in [0.05, 0.1) is 16.4 Å². The van der Waals surface area contributed by atoms with Gasteiger partial charge in [0.1, 0.15) is 0 Å². The number of hydrogen-bond donors (Lipinski definition) is 1. The molecule has 4 aromatic rings. The lowest BCUT2D eigenvalue weighted by atomic mass is 9.77. The zero-order valence-electron chi connectivity index (χ0n) is 17.6. The van der Waals surface area contributed by atoms with Gasteiger partial charge in [0, 0.05) is 26.2 Å². The van der Waals surface area contributed by atoms with Crippen LogP contribution in [-0.2, 0) is 11.3 Å². The Bertz CT molecular complexity index is 1230. The number of para-hydroxylation sites is 2. The lowest BCUT2D eigenvalue weighted by Crippen LogP contribution is -2.45. The van der Waals surface area contributed by atoms with Gasteiger partial charge in [0.25, 0.3) is 0 Å². The van der Waals surface area contributed by atoms with Crippen LogP contribution in [0.4, 0.5) is 5.95 Å². The van der Waals surface area contributed by atoms with Gasteiger partial charge in [-0.1, -0.05) is 54.6 Å². The van der Waals surface area contributed by atoms with Crippen LogP contribution in [0.15, 0.2) is 66.7 Å². The Morgan fingerprint density at radius 2 is 1.61 bits per heavy atom. The second kappa shape index (κ2) is 7.12. The van der Waals surface area contributed by atoms with Crippen LogP contribution in [0.25, 0.3) is 21.8 Å². The van der Waals surface area contributed by atoms with Gasteiger partial charge < -0.3 is 14.8 Å². The maximum absolute atomic E-state index is 13.5. The Morgan fingerprint density at radius 1 is 0.871 bits per heavy atom. The van der Waals surface area contributed by atoms with Gasteiger partial charge in [-0.05, 0) is 47.7 Å². The summed E-state index contributed by atoms with van der Waals surface area (Å²) >= 11 is 0. The highest BCUT2D eigenvalue weighted by Gasteiger charge is 2.48. The van der Waals surface area contributed by atoms with Crippen LogP contribution in [0.1, 0.15) is 24.8 Å². The fourth-order valence-electron chi connectivity index (χ4n) is 5.38. The third-order valence-corrected chi connectivity index (χ3v) is 7.24. The van der Waals surface area contributed by atoms with Crippen molar-refractivity contribution < 1.29 is 4.79 Å². The molecule has 3 aromatic carbocycles. The van der Waals surface area contributed by atoms with E-state index in [1.54, 1.807) is 0 Å². The second-order valence-electron chi connectivity index (χ2n) is 8.96. The molecule has 31 heavy (non-hydrogen) atoms. The molecule has 5 nitrogen and oxygen atoms in total. The molecule has 2 aliphatic heterocycles. The van der Waals surface area contributed by atoms with Gasteiger partial charge in [-0.2, -0.15) is 0 Å². The first-order valence-electron chi connectivity index (χ1n) is 11.2. The summed E-state index contributed by atoms with van der Waals surface area (Å²) < 4.78 is 0. The van der Waals surface area contributed by atoms with E-state index < -0.39 is 0 Å². The zero-order valence-corrected chi connectivity index (χ0v) is 17.6. The van der Waals surface area contributed by atoms with Gasteiger partial charge in [0.2, 0.25) is 11.9 Å². The number of nitrogens with one attached hydrogen (secondary N) is 1. The van der Waals surface area contributed by atoms with Crippen LogP contribution in [0.5, 0.6) is 0 Å². The summed E-state index contributed by atoms with van der Waals surface area (Å²) in [6, 6.07) is 23.0. The van der Waals surface area contributed by atoms with E-state index in [9.17, 15) is 4.79 Å². The summed E-state index contributed by atoms with van der Waals surface area (Å²) in [5.41, 5.74) is 3.10. The first-order valence-corrected chi connectivity index (χ1v) is 11.2. The number of H-pyrrole nitrogens is 1. The Kier molecular flexibility index (Phi) is 4.23. The number of likely N-dealkylation sites (tertiary alicyclic amines) is 1. The van der Waals surface area contributed by atoms with Gasteiger partial charge in [-0.3, -0.25) is 4.79 Å². The number of fused-ring (bicyclic) bond motifs is 2. The third-order valence-electron chi connectivity index (χ3n) is 7.24. The average Bonchev–Trinajstić information content (AvgIpc) is 3.37. The van der Waals surface area contributed by atoms with E-state index in [1.807, 2.05) is 18.2 Å². The minimum atomic E-state index is -0.201. The van der Waals surface area contributed by atoms with Crippen molar-refractivity contribution in [2.75, 3.05) is 24.5 Å². The molecule has 2 aliphatic rings. The molecule has 0 atom stereocenters. The van der Waals surface area contributed by atoms with E-state index in [0.29, 0.717) is 12.5 Å². The SMILES string of the molecule is O=C1N(Cc2cccc3ccccc23)CCC12CCN(c1nc3ccccc3[nH]1)CC2. The largest absolute Gasteiger partial charge is 0.342 e. The number of aromatic amines is 1. The number of carbonyl (C=O) groups is 1. The predicted molar refractivity (Wildman–Crippen MR) is 124 cm³/mol. The molecule has 156 valence electrons. The van der Waals surface area contributed by atoms with Crippen molar-refractivity contribution in [3.8, 4) is 0 Å². The summed E-state index contributed by atoms with van der Waals surface area (Å²) in [6.45, 7) is 3.29. The van der Waals surface area contributed by atoms with Crippen LogP contribution < -0.4 is 4.90 Å². The van der Waals surface area contributed by atoms with Crippen LogP contribution >= 0.6 is 0 Å². The number of anilines is 1. The van der Waals surface area contributed by atoms with E-state index in [2.05, 4.69) is 63.3 Å². The minimum Gasteiger partial charge on any atom is -0.342 e. The lowest BCUT2D eigenvalue weighted by Gasteiger charge is -2.37. The molecule has 0 unspecified atom stereocenters. The number of piperidine rings is 1. The Morgan fingerprint density at radius 3 is 2.48 bits per heavy atom.